The van der Waals surface area contributed by atoms with Gasteiger partial charge in [0.1, 0.15) is 0 Å². The second-order valence-electron chi connectivity index (χ2n) is 3.99. The number of carboxylic acid groups (broad SMARTS) is 1. The minimum absolute atomic E-state index is 0.166. The van der Waals surface area contributed by atoms with Crippen LogP contribution < -0.4 is 11.1 Å². The number of carboxylic acids is 1. The van der Waals surface area contributed by atoms with Gasteiger partial charge in [-0.2, -0.15) is 5.10 Å². The molecule has 0 bridgehead atoms. The van der Waals surface area contributed by atoms with Gasteiger partial charge in [0.25, 0.3) is 0 Å². The third-order valence-corrected chi connectivity index (χ3v) is 2.52. The molecule has 0 amide bonds. The lowest BCUT2D eigenvalue weighted by molar-refractivity contribution is 0.0698. The summed E-state index contributed by atoms with van der Waals surface area (Å²) in [6.07, 6.45) is 3.59. The number of anilines is 2. The average molecular weight is 246 g/mol. The van der Waals surface area contributed by atoms with Crippen LogP contribution in [0.5, 0.6) is 0 Å². The van der Waals surface area contributed by atoms with E-state index in [1.54, 1.807) is 23.0 Å². The molecular formula is C12H14N4O2. The van der Waals surface area contributed by atoms with E-state index in [1.165, 1.54) is 6.07 Å². The number of nitrogens with zero attached hydrogens (tertiary/aromatic N) is 2. The summed E-state index contributed by atoms with van der Waals surface area (Å²) < 4.78 is 1.69. The van der Waals surface area contributed by atoms with Crippen LogP contribution >= 0.6 is 0 Å². The number of hydrogen-bond acceptors (Lipinski definition) is 4. The molecule has 0 aliphatic carbocycles. The Balaban J connectivity index is 2.16. The van der Waals surface area contributed by atoms with Crippen LogP contribution in [0.15, 0.2) is 30.6 Å². The van der Waals surface area contributed by atoms with Gasteiger partial charge in [-0.3, -0.25) is 4.68 Å². The van der Waals surface area contributed by atoms with Crippen molar-refractivity contribution in [2.75, 3.05) is 11.1 Å². The number of aromatic carboxylic acids is 1. The van der Waals surface area contributed by atoms with E-state index in [2.05, 4.69) is 10.4 Å². The van der Waals surface area contributed by atoms with Crippen LogP contribution in [0.4, 0.5) is 11.4 Å². The Morgan fingerprint density at radius 1 is 1.56 bits per heavy atom. The molecule has 0 aliphatic heterocycles. The summed E-state index contributed by atoms with van der Waals surface area (Å²) in [7, 11) is 1.83. The molecule has 1 aromatic heterocycles. The van der Waals surface area contributed by atoms with E-state index in [4.69, 9.17) is 10.8 Å². The summed E-state index contributed by atoms with van der Waals surface area (Å²) in [5, 5.41) is 16.2. The highest BCUT2D eigenvalue weighted by molar-refractivity contribution is 5.95. The lowest BCUT2D eigenvalue weighted by Gasteiger charge is -2.09. The maximum absolute atomic E-state index is 11.1. The number of hydrogen-bond donors (Lipinski definition) is 3. The zero-order chi connectivity index (χ0) is 13.1. The second-order valence-corrected chi connectivity index (χ2v) is 3.99. The first kappa shape index (κ1) is 12.0. The predicted molar refractivity (Wildman–Crippen MR) is 68.3 cm³/mol. The Morgan fingerprint density at radius 3 is 2.94 bits per heavy atom. The molecule has 2 aromatic rings. The van der Waals surface area contributed by atoms with Crippen LogP contribution in [0.25, 0.3) is 0 Å². The third-order valence-electron chi connectivity index (χ3n) is 2.52. The Hall–Kier alpha value is -2.50. The summed E-state index contributed by atoms with van der Waals surface area (Å²) in [5.74, 6) is -1.00. The number of nitrogens with one attached hydrogen (secondary N) is 1. The zero-order valence-electron chi connectivity index (χ0n) is 9.92. The van der Waals surface area contributed by atoms with Gasteiger partial charge in [-0.15, -0.1) is 0 Å². The smallest absolute Gasteiger partial charge is 0.337 e. The summed E-state index contributed by atoms with van der Waals surface area (Å²) in [5.41, 5.74) is 7.69. The normalized spacial score (nSPS) is 10.3. The SMILES string of the molecule is Cn1cc(CNc2ccc(N)cc2C(=O)O)cn1. The number of nitrogens with two attached hydrogens (primary N) is 1. The number of aryl methyl sites for hydroxylation is 1. The van der Waals surface area contributed by atoms with Crippen molar-refractivity contribution in [3.63, 3.8) is 0 Å². The molecule has 1 heterocycles. The van der Waals surface area contributed by atoms with Crippen LogP contribution in [-0.2, 0) is 13.6 Å². The standard InChI is InChI=1S/C12H14N4O2/c1-16-7-8(6-15-16)5-14-11-3-2-9(13)4-10(11)12(17)18/h2-4,6-7,14H,5,13H2,1H3,(H,17,18). The highest BCUT2D eigenvalue weighted by Gasteiger charge is 2.10. The van der Waals surface area contributed by atoms with Gasteiger partial charge < -0.3 is 16.2 Å². The highest BCUT2D eigenvalue weighted by atomic mass is 16.4. The van der Waals surface area contributed by atoms with Gasteiger partial charge >= 0.3 is 5.97 Å². The molecule has 18 heavy (non-hydrogen) atoms. The molecule has 1 aromatic carbocycles. The molecule has 0 saturated heterocycles. The third kappa shape index (κ3) is 2.60. The molecule has 0 aliphatic rings. The summed E-state index contributed by atoms with van der Waals surface area (Å²) >= 11 is 0. The van der Waals surface area contributed by atoms with E-state index >= 15 is 0 Å². The van der Waals surface area contributed by atoms with Crippen molar-refractivity contribution in [1.29, 1.82) is 0 Å². The molecule has 0 unspecified atom stereocenters. The quantitative estimate of drug-likeness (QED) is 0.707. The molecule has 6 nitrogen and oxygen atoms in total. The zero-order valence-corrected chi connectivity index (χ0v) is 9.92. The van der Waals surface area contributed by atoms with Gasteiger partial charge in [0.2, 0.25) is 0 Å². The molecule has 0 spiro atoms. The van der Waals surface area contributed by atoms with Gasteiger partial charge in [-0.25, -0.2) is 4.79 Å². The minimum Gasteiger partial charge on any atom is -0.478 e. The number of aromatic nitrogens is 2. The first-order valence-electron chi connectivity index (χ1n) is 5.40. The molecule has 0 radical (unpaired) electrons. The van der Waals surface area contributed by atoms with Crippen molar-refractivity contribution in [2.45, 2.75) is 6.54 Å². The fourth-order valence-electron chi connectivity index (χ4n) is 1.65. The van der Waals surface area contributed by atoms with Gasteiger partial charge in [0, 0.05) is 36.7 Å². The Labute approximate surface area is 104 Å². The monoisotopic (exact) mass is 246 g/mol. The molecule has 0 fully saturated rings. The fraction of sp³-hybridized carbons (Fsp3) is 0.167. The van der Waals surface area contributed by atoms with Crippen molar-refractivity contribution in [3.8, 4) is 0 Å². The molecule has 0 atom stereocenters. The molecule has 94 valence electrons. The van der Waals surface area contributed by atoms with E-state index in [0.717, 1.165) is 5.56 Å². The van der Waals surface area contributed by atoms with Crippen molar-refractivity contribution in [2.24, 2.45) is 7.05 Å². The lowest BCUT2D eigenvalue weighted by Crippen LogP contribution is -2.06. The molecule has 0 saturated carbocycles. The Morgan fingerprint density at radius 2 is 2.33 bits per heavy atom. The maximum atomic E-state index is 11.1. The summed E-state index contributed by atoms with van der Waals surface area (Å²) in [6.45, 7) is 0.512. The Kier molecular flexibility index (Phi) is 3.18. The van der Waals surface area contributed by atoms with Crippen LogP contribution in [0.2, 0.25) is 0 Å². The minimum atomic E-state index is -1.00. The van der Waals surface area contributed by atoms with E-state index < -0.39 is 5.97 Å². The van der Waals surface area contributed by atoms with E-state index in [1.807, 2.05) is 13.2 Å². The van der Waals surface area contributed by atoms with Gasteiger partial charge in [-0.1, -0.05) is 0 Å². The number of rotatable bonds is 4. The predicted octanol–water partition coefficient (Wildman–Crippen LogP) is 1.31. The first-order valence-corrected chi connectivity index (χ1v) is 5.40. The molecule has 4 N–H and O–H groups in total. The van der Waals surface area contributed by atoms with Crippen molar-refractivity contribution in [3.05, 3.63) is 41.7 Å². The van der Waals surface area contributed by atoms with Gasteiger partial charge in [0.05, 0.1) is 11.8 Å². The first-order chi connectivity index (χ1) is 8.56. The van der Waals surface area contributed by atoms with Gasteiger partial charge in [-0.05, 0) is 18.2 Å². The maximum Gasteiger partial charge on any atom is 0.337 e. The molecule has 2 rings (SSSR count). The van der Waals surface area contributed by atoms with Crippen molar-refractivity contribution < 1.29 is 9.90 Å². The highest BCUT2D eigenvalue weighted by Crippen LogP contribution is 2.19. The summed E-state index contributed by atoms with van der Waals surface area (Å²) in [4.78, 5) is 11.1. The second kappa shape index (κ2) is 4.79. The summed E-state index contributed by atoms with van der Waals surface area (Å²) in [6, 6.07) is 4.76. The molecule has 6 heteroatoms. The number of nitrogen functional groups attached to an aromatic ring is 1. The van der Waals surface area contributed by atoms with Crippen molar-refractivity contribution in [1.82, 2.24) is 9.78 Å². The van der Waals surface area contributed by atoms with E-state index in [9.17, 15) is 4.79 Å². The Bertz CT molecular complexity index is 577. The van der Waals surface area contributed by atoms with Crippen LogP contribution in [0, 0.1) is 0 Å². The van der Waals surface area contributed by atoms with Gasteiger partial charge in [0.15, 0.2) is 0 Å². The van der Waals surface area contributed by atoms with E-state index in [0.29, 0.717) is 17.9 Å². The average Bonchev–Trinajstić information content (AvgIpc) is 2.73. The largest absolute Gasteiger partial charge is 0.478 e. The number of benzene rings is 1. The molecular weight excluding hydrogens is 232 g/mol. The topological polar surface area (TPSA) is 93.2 Å². The fourth-order valence-corrected chi connectivity index (χ4v) is 1.65. The van der Waals surface area contributed by atoms with Crippen LogP contribution in [0.3, 0.4) is 0 Å². The van der Waals surface area contributed by atoms with Crippen LogP contribution in [0.1, 0.15) is 15.9 Å². The van der Waals surface area contributed by atoms with Crippen molar-refractivity contribution >= 4 is 17.3 Å². The lowest BCUT2D eigenvalue weighted by atomic mass is 10.1. The van der Waals surface area contributed by atoms with E-state index in [-0.39, 0.29) is 5.56 Å². The number of carbonyl (C=O) groups is 1. The van der Waals surface area contributed by atoms with Crippen LogP contribution in [-0.4, -0.2) is 20.9 Å².